The van der Waals surface area contributed by atoms with Gasteiger partial charge in [-0.2, -0.15) is 0 Å². The van der Waals surface area contributed by atoms with E-state index in [9.17, 15) is 4.79 Å². The van der Waals surface area contributed by atoms with E-state index in [0.29, 0.717) is 11.3 Å². The van der Waals surface area contributed by atoms with Gasteiger partial charge in [-0.05, 0) is 45.7 Å². The molecule has 0 saturated heterocycles. The van der Waals surface area contributed by atoms with Gasteiger partial charge in [0.15, 0.2) is 0 Å². The molecule has 0 saturated carbocycles. The second-order valence-corrected chi connectivity index (χ2v) is 7.33. The Morgan fingerprint density at radius 1 is 0.548 bits per heavy atom. The van der Waals surface area contributed by atoms with Crippen molar-refractivity contribution >= 4 is 16.7 Å². The first-order valence-electron chi connectivity index (χ1n) is 10.2. The summed E-state index contributed by atoms with van der Waals surface area (Å²) in [6.45, 7) is 0. The van der Waals surface area contributed by atoms with Crippen LogP contribution in [-0.4, -0.2) is 5.97 Å². The molecule has 5 rings (SSSR count). The lowest BCUT2D eigenvalue weighted by Crippen LogP contribution is -2.11. The maximum atomic E-state index is 13.4. The van der Waals surface area contributed by atoms with Crippen LogP contribution in [0.4, 0.5) is 0 Å². The molecule has 0 N–H and O–H groups in total. The predicted octanol–water partition coefficient (Wildman–Crippen LogP) is 7.39. The number of carbonyl (C=O) groups is 1. The molecule has 0 spiro atoms. The Labute approximate surface area is 181 Å². The highest BCUT2D eigenvalue weighted by molar-refractivity contribution is 6.13. The lowest BCUT2D eigenvalue weighted by atomic mass is 9.88. The van der Waals surface area contributed by atoms with Gasteiger partial charge in [0.2, 0.25) is 0 Å². The zero-order valence-corrected chi connectivity index (χ0v) is 16.9. The fourth-order valence-electron chi connectivity index (χ4n) is 3.96. The number of rotatable bonds is 4. The van der Waals surface area contributed by atoms with E-state index >= 15 is 0 Å². The minimum atomic E-state index is -0.368. The van der Waals surface area contributed by atoms with Crippen LogP contribution in [0.15, 0.2) is 121 Å². The van der Waals surface area contributed by atoms with E-state index in [1.165, 1.54) is 0 Å². The number of hydrogen-bond donors (Lipinski definition) is 0. The Kier molecular flexibility index (Phi) is 5.04. The van der Waals surface area contributed by atoms with E-state index < -0.39 is 0 Å². The summed E-state index contributed by atoms with van der Waals surface area (Å²) in [5.41, 5.74) is 4.49. The van der Waals surface area contributed by atoms with E-state index in [-0.39, 0.29) is 5.97 Å². The van der Waals surface area contributed by atoms with Crippen molar-refractivity contribution in [2.45, 2.75) is 0 Å². The summed E-state index contributed by atoms with van der Waals surface area (Å²) >= 11 is 0. The number of fused-ring (bicyclic) bond motifs is 1. The predicted molar refractivity (Wildman–Crippen MR) is 126 cm³/mol. The summed E-state index contributed by atoms with van der Waals surface area (Å²) in [6, 6.07) is 39.5. The maximum Gasteiger partial charge on any atom is 0.344 e. The fraction of sp³-hybridized carbons (Fsp3) is 0. The number of esters is 1. The van der Waals surface area contributed by atoms with Crippen LogP contribution in [0.3, 0.4) is 0 Å². The Bertz CT molecular complexity index is 1340. The van der Waals surface area contributed by atoms with Gasteiger partial charge in [-0.1, -0.05) is 103 Å². The molecular weight excluding hydrogens is 380 g/mol. The highest BCUT2D eigenvalue weighted by Crippen LogP contribution is 2.39. The molecule has 0 bridgehead atoms. The minimum Gasteiger partial charge on any atom is -0.423 e. The number of para-hydroxylation sites is 1. The summed E-state index contributed by atoms with van der Waals surface area (Å²) in [4.78, 5) is 13.4. The first-order valence-corrected chi connectivity index (χ1v) is 10.2. The van der Waals surface area contributed by atoms with Gasteiger partial charge in [0.05, 0.1) is 5.56 Å². The highest BCUT2D eigenvalue weighted by Gasteiger charge is 2.21. The van der Waals surface area contributed by atoms with Crippen molar-refractivity contribution in [3.05, 3.63) is 127 Å². The Balaban J connectivity index is 1.79. The number of carbonyl (C=O) groups excluding carboxylic acids is 1. The largest absolute Gasteiger partial charge is 0.423 e. The number of hydrogen-bond acceptors (Lipinski definition) is 2. The van der Waals surface area contributed by atoms with Crippen molar-refractivity contribution in [3.63, 3.8) is 0 Å². The molecule has 31 heavy (non-hydrogen) atoms. The number of ether oxygens (including phenoxy) is 1. The molecule has 0 aliphatic heterocycles. The standard InChI is InChI=1S/C29H20O2/c30-29(31-23-16-8-3-9-17-23)27-20-26(21-12-4-1-5-13-21)24-18-10-11-19-25(24)28(27)22-14-6-2-7-15-22/h1-20H. The van der Waals surface area contributed by atoms with E-state index in [4.69, 9.17) is 4.74 Å². The van der Waals surface area contributed by atoms with Gasteiger partial charge in [0.25, 0.3) is 0 Å². The molecular formula is C29H20O2. The molecule has 148 valence electrons. The third-order valence-corrected chi connectivity index (χ3v) is 5.37. The molecule has 5 aromatic carbocycles. The van der Waals surface area contributed by atoms with E-state index in [1.807, 2.05) is 84.9 Å². The fourth-order valence-corrected chi connectivity index (χ4v) is 3.96. The molecule has 2 nitrogen and oxygen atoms in total. The van der Waals surface area contributed by atoms with Crippen LogP contribution in [0, 0.1) is 0 Å². The van der Waals surface area contributed by atoms with Crippen molar-refractivity contribution in [1.82, 2.24) is 0 Å². The van der Waals surface area contributed by atoms with Crippen LogP contribution in [0.25, 0.3) is 33.0 Å². The van der Waals surface area contributed by atoms with E-state index in [1.54, 1.807) is 12.1 Å². The average molecular weight is 400 g/mol. The molecule has 0 radical (unpaired) electrons. The summed E-state index contributed by atoms with van der Waals surface area (Å²) in [5, 5.41) is 2.12. The molecule has 0 amide bonds. The third-order valence-electron chi connectivity index (χ3n) is 5.37. The Hall–Kier alpha value is -4.17. The minimum absolute atomic E-state index is 0.368. The van der Waals surface area contributed by atoms with Gasteiger partial charge >= 0.3 is 5.97 Å². The SMILES string of the molecule is O=C(Oc1ccccc1)c1cc(-c2ccccc2)c2ccccc2c1-c1ccccc1. The maximum absolute atomic E-state index is 13.4. The van der Waals surface area contributed by atoms with Gasteiger partial charge < -0.3 is 4.74 Å². The molecule has 0 aliphatic rings. The molecule has 0 aliphatic carbocycles. The van der Waals surface area contributed by atoms with Gasteiger partial charge in [0.1, 0.15) is 5.75 Å². The normalized spacial score (nSPS) is 10.7. The second-order valence-electron chi connectivity index (χ2n) is 7.33. The molecule has 0 heterocycles. The van der Waals surface area contributed by atoms with Crippen LogP contribution >= 0.6 is 0 Å². The first kappa shape index (κ1) is 18.8. The summed E-state index contributed by atoms with van der Waals surface area (Å²) < 4.78 is 5.76. The molecule has 2 heteroatoms. The van der Waals surface area contributed by atoms with Gasteiger partial charge in [-0.3, -0.25) is 0 Å². The lowest BCUT2D eigenvalue weighted by molar-refractivity contribution is 0.0736. The lowest BCUT2D eigenvalue weighted by Gasteiger charge is -2.17. The van der Waals surface area contributed by atoms with Crippen LogP contribution in [0.1, 0.15) is 10.4 Å². The van der Waals surface area contributed by atoms with Gasteiger partial charge in [0, 0.05) is 5.56 Å². The molecule has 0 unspecified atom stereocenters. The zero-order valence-electron chi connectivity index (χ0n) is 16.9. The third kappa shape index (κ3) is 3.72. The quantitative estimate of drug-likeness (QED) is 0.232. The van der Waals surface area contributed by atoms with E-state index in [2.05, 4.69) is 24.3 Å². The second kappa shape index (κ2) is 8.29. The Morgan fingerprint density at radius 2 is 1.06 bits per heavy atom. The van der Waals surface area contributed by atoms with Crippen molar-refractivity contribution < 1.29 is 9.53 Å². The molecule has 0 aromatic heterocycles. The molecule has 5 aromatic rings. The van der Waals surface area contributed by atoms with Crippen molar-refractivity contribution in [3.8, 4) is 28.0 Å². The van der Waals surface area contributed by atoms with Crippen LogP contribution in [-0.2, 0) is 0 Å². The highest BCUT2D eigenvalue weighted by atomic mass is 16.5. The topological polar surface area (TPSA) is 26.3 Å². The van der Waals surface area contributed by atoms with Crippen molar-refractivity contribution in [2.24, 2.45) is 0 Å². The van der Waals surface area contributed by atoms with Crippen molar-refractivity contribution in [2.75, 3.05) is 0 Å². The smallest absolute Gasteiger partial charge is 0.344 e. The molecule has 0 atom stereocenters. The summed E-state index contributed by atoms with van der Waals surface area (Å²) in [7, 11) is 0. The van der Waals surface area contributed by atoms with E-state index in [0.717, 1.165) is 33.0 Å². The van der Waals surface area contributed by atoms with Crippen LogP contribution in [0.5, 0.6) is 5.75 Å². The monoisotopic (exact) mass is 400 g/mol. The average Bonchev–Trinajstić information content (AvgIpc) is 2.84. The van der Waals surface area contributed by atoms with Crippen LogP contribution < -0.4 is 4.74 Å². The van der Waals surface area contributed by atoms with Crippen LogP contribution in [0.2, 0.25) is 0 Å². The van der Waals surface area contributed by atoms with Crippen molar-refractivity contribution in [1.29, 1.82) is 0 Å². The molecule has 0 fully saturated rings. The first-order chi connectivity index (χ1) is 15.3. The van der Waals surface area contributed by atoms with Gasteiger partial charge in [-0.25, -0.2) is 4.79 Å². The summed E-state index contributed by atoms with van der Waals surface area (Å²) in [5.74, 6) is 0.161. The number of benzene rings is 5. The zero-order chi connectivity index (χ0) is 21.0. The Morgan fingerprint density at radius 3 is 1.71 bits per heavy atom. The summed E-state index contributed by atoms with van der Waals surface area (Å²) in [6.07, 6.45) is 0. The van der Waals surface area contributed by atoms with Gasteiger partial charge in [-0.15, -0.1) is 0 Å².